The topological polar surface area (TPSA) is 52.3 Å². The second kappa shape index (κ2) is 3.92. The van der Waals surface area contributed by atoms with Crippen LogP contribution in [-0.2, 0) is 9.53 Å². The summed E-state index contributed by atoms with van der Waals surface area (Å²) >= 11 is 0. The Hall–Kier alpha value is -0.830. The van der Waals surface area contributed by atoms with E-state index in [0.717, 1.165) is 12.8 Å². The predicted molar refractivity (Wildman–Crippen MR) is 51.2 cm³/mol. The number of Topliss-reactive ketones (excluding diaryl/α,β-unsaturated/α-hetero) is 1. The highest BCUT2D eigenvalue weighted by Gasteiger charge is 2.21. The normalized spacial score (nSPS) is 17.6. The van der Waals surface area contributed by atoms with E-state index < -0.39 is 5.54 Å². The van der Waals surface area contributed by atoms with Crippen molar-refractivity contribution < 1.29 is 9.53 Å². The molecule has 1 rings (SSSR count). The zero-order chi connectivity index (χ0) is 9.90. The van der Waals surface area contributed by atoms with Crippen molar-refractivity contribution in [1.82, 2.24) is 0 Å². The Morgan fingerprint density at radius 2 is 2.38 bits per heavy atom. The fourth-order valence-corrected chi connectivity index (χ4v) is 1.25. The van der Waals surface area contributed by atoms with E-state index in [-0.39, 0.29) is 5.78 Å². The molecule has 0 aromatic heterocycles. The zero-order valence-corrected chi connectivity index (χ0v) is 8.30. The second-order valence-electron chi connectivity index (χ2n) is 4.15. The first-order chi connectivity index (χ1) is 5.99. The molecular weight excluding hydrogens is 166 g/mol. The van der Waals surface area contributed by atoms with Gasteiger partial charge in [0.15, 0.2) is 11.5 Å². The molecule has 0 aromatic rings. The fraction of sp³-hybridized carbons (Fsp3) is 0.700. The number of carbonyl (C=O) groups excluding carboxylic acids is 1. The maximum Gasteiger partial charge on any atom is 0.198 e. The molecule has 0 fully saturated rings. The summed E-state index contributed by atoms with van der Waals surface area (Å²) in [4.78, 5) is 11.5. The van der Waals surface area contributed by atoms with Gasteiger partial charge in [-0.3, -0.25) is 4.79 Å². The van der Waals surface area contributed by atoms with Gasteiger partial charge in [-0.1, -0.05) is 0 Å². The van der Waals surface area contributed by atoms with Crippen molar-refractivity contribution >= 4 is 5.78 Å². The third-order valence-corrected chi connectivity index (χ3v) is 1.83. The molecule has 74 valence electrons. The first kappa shape index (κ1) is 10.3. The standard InChI is InChI=1S/C10H17NO2/c1-10(2,11)7-8(12)9-5-3-4-6-13-9/h5H,3-4,6-7,11H2,1-2H3. The van der Waals surface area contributed by atoms with Gasteiger partial charge in [0.1, 0.15) is 0 Å². The Balaban J connectivity index is 2.52. The Morgan fingerprint density at radius 3 is 2.85 bits per heavy atom. The molecule has 0 saturated heterocycles. The largest absolute Gasteiger partial charge is 0.490 e. The van der Waals surface area contributed by atoms with Crippen LogP contribution in [0.1, 0.15) is 33.1 Å². The van der Waals surface area contributed by atoms with Crippen LogP contribution in [0.25, 0.3) is 0 Å². The molecule has 0 unspecified atom stereocenters. The van der Waals surface area contributed by atoms with Crippen LogP contribution in [0, 0.1) is 0 Å². The molecule has 0 radical (unpaired) electrons. The highest BCUT2D eigenvalue weighted by atomic mass is 16.5. The summed E-state index contributed by atoms with van der Waals surface area (Å²) in [6, 6.07) is 0. The molecular formula is C10H17NO2. The van der Waals surface area contributed by atoms with E-state index >= 15 is 0 Å². The zero-order valence-electron chi connectivity index (χ0n) is 8.30. The average Bonchev–Trinajstić information content (AvgIpc) is 2.03. The molecule has 0 aliphatic carbocycles. The minimum Gasteiger partial charge on any atom is -0.490 e. The van der Waals surface area contributed by atoms with Crippen LogP contribution in [0.2, 0.25) is 0 Å². The third-order valence-electron chi connectivity index (χ3n) is 1.83. The van der Waals surface area contributed by atoms with Crippen LogP contribution in [0.15, 0.2) is 11.8 Å². The number of rotatable bonds is 3. The van der Waals surface area contributed by atoms with Crippen LogP contribution in [0.3, 0.4) is 0 Å². The number of ketones is 1. The van der Waals surface area contributed by atoms with E-state index in [1.807, 2.05) is 19.9 Å². The van der Waals surface area contributed by atoms with Crippen LogP contribution in [-0.4, -0.2) is 17.9 Å². The molecule has 13 heavy (non-hydrogen) atoms. The third kappa shape index (κ3) is 3.59. The number of hydrogen-bond donors (Lipinski definition) is 1. The Morgan fingerprint density at radius 1 is 1.69 bits per heavy atom. The van der Waals surface area contributed by atoms with Crippen molar-refractivity contribution in [2.45, 2.75) is 38.6 Å². The quantitative estimate of drug-likeness (QED) is 0.719. The molecule has 0 spiro atoms. The molecule has 1 heterocycles. The lowest BCUT2D eigenvalue weighted by atomic mass is 9.97. The molecule has 0 bridgehead atoms. The van der Waals surface area contributed by atoms with E-state index in [2.05, 4.69) is 0 Å². The van der Waals surface area contributed by atoms with Crippen molar-refractivity contribution in [3.8, 4) is 0 Å². The second-order valence-corrected chi connectivity index (χ2v) is 4.15. The van der Waals surface area contributed by atoms with Crippen LogP contribution in [0.4, 0.5) is 0 Å². The summed E-state index contributed by atoms with van der Waals surface area (Å²) in [5.74, 6) is 0.525. The lowest BCUT2D eigenvalue weighted by Crippen LogP contribution is -2.35. The van der Waals surface area contributed by atoms with Crippen molar-refractivity contribution in [2.24, 2.45) is 5.73 Å². The maximum absolute atomic E-state index is 11.5. The van der Waals surface area contributed by atoms with Crippen LogP contribution < -0.4 is 5.73 Å². The van der Waals surface area contributed by atoms with E-state index in [1.165, 1.54) is 0 Å². The monoisotopic (exact) mass is 183 g/mol. The molecule has 3 heteroatoms. The lowest BCUT2D eigenvalue weighted by Gasteiger charge is -2.20. The number of hydrogen-bond acceptors (Lipinski definition) is 3. The molecule has 0 amide bonds. The molecule has 2 N–H and O–H groups in total. The van der Waals surface area contributed by atoms with Gasteiger partial charge >= 0.3 is 0 Å². The number of nitrogens with two attached hydrogens (primary N) is 1. The van der Waals surface area contributed by atoms with Gasteiger partial charge in [-0.15, -0.1) is 0 Å². The summed E-state index contributed by atoms with van der Waals surface area (Å²) in [5.41, 5.74) is 5.29. The van der Waals surface area contributed by atoms with Crippen molar-refractivity contribution in [2.75, 3.05) is 6.61 Å². The van der Waals surface area contributed by atoms with Crippen molar-refractivity contribution in [1.29, 1.82) is 0 Å². The molecule has 0 saturated carbocycles. The summed E-state index contributed by atoms with van der Waals surface area (Å²) < 4.78 is 5.24. The van der Waals surface area contributed by atoms with Gasteiger partial charge in [0, 0.05) is 12.0 Å². The first-order valence-electron chi connectivity index (χ1n) is 4.64. The van der Waals surface area contributed by atoms with Gasteiger partial charge in [-0.25, -0.2) is 0 Å². The fourth-order valence-electron chi connectivity index (χ4n) is 1.25. The summed E-state index contributed by atoms with van der Waals surface area (Å²) in [6.07, 6.45) is 4.14. The minimum atomic E-state index is -0.446. The smallest absolute Gasteiger partial charge is 0.198 e. The summed E-state index contributed by atoms with van der Waals surface area (Å²) in [5, 5.41) is 0. The Bertz CT molecular complexity index is 226. The SMILES string of the molecule is CC(C)(N)CC(=O)C1=CCCCO1. The van der Waals surface area contributed by atoms with Gasteiger partial charge < -0.3 is 10.5 Å². The Labute approximate surface area is 78.9 Å². The van der Waals surface area contributed by atoms with E-state index in [0.29, 0.717) is 18.8 Å². The highest BCUT2D eigenvalue weighted by Crippen LogP contribution is 2.15. The number of ether oxygens (including phenoxy) is 1. The van der Waals surface area contributed by atoms with Crippen LogP contribution >= 0.6 is 0 Å². The van der Waals surface area contributed by atoms with Gasteiger partial charge in [-0.2, -0.15) is 0 Å². The lowest BCUT2D eigenvalue weighted by molar-refractivity contribution is -0.120. The first-order valence-corrected chi connectivity index (χ1v) is 4.64. The maximum atomic E-state index is 11.5. The molecule has 0 aromatic carbocycles. The average molecular weight is 183 g/mol. The molecule has 1 aliphatic heterocycles. The van der Waals surface area contributed by atoms with Crippen molar-refractivity contribution in [3.63, 3.8) is 0 Å². The Kier molecular flexibility index (Phi) is 3.09. The molecule has 1 aliphatic rings. The minimum absolute atomic E-state index is 0.0206. The van der Waals surface area contributed by atoms with E-state index in [4.69, 9.17) is 10.5 Å². The summed E-state index contributed by atoms with van der Waals surface area (Å²) in [7, 11) is 0. The van der Waals surface area contributed by atoms with E-state index in [9.17, 15) is 4.79 Å². The van der Waals surface area contributed by atoms with Gasteiger partial charge in [0.25, 0.3) is 0 Å². The van der Waals surface area contributed by atoms with Gasteiger partial charge in [-0.05, 0) is 32.8 Å². The van der Waals surface area contributed by atoms with Crippen molar-refractivity contribution in [3.05, 3.63) is 11.8 Å². The summed E-state index contributed by atoms with van der Waals surface area (Å²) in [6.45, 7) is 4.34. The molecule has 3 nitrogen and oxygen atoms in total. The predicted octanol–water partition coefficient (Wildman–Crippen LogP) is 1.38. The van der Waals surface area contributed by atoms with Crippen LogP contribution in [0.5, 0.6) is 0 Å². The van der Waals surface area contributed by atoms with E-state index in [1.54, 1.807) is 0 Å². The number of carbonyl (C=O) groups is 1. The molecule has 0 atom stereocenters. The van der Waals surface area contributed by atoms with Gasteiger partial charge in [0.05, 0.1) is 6.61 Å². The number of allylic oxidation sites excluding steroid dienone is 2. The highest BCUT2D eigenvalue weighted by molar-refractivity contribution is 5.94. The van der Waals surface area contributed by atoms with Gasteiger partial charge in [0.2, 0.25) is 0 Å².